The van der Waals surface area contributed by atoms with Crippen LogP contribution in [0.25, 0.3) is 0 Å². The summed E-state index contributed by atoms with van der Waals surface area (Å²) in [4.78, 5) is 38.2. The van der Waals surface area contributed by atoms with Crippen LogP contribution in [0, 0.1) is 27.3 Å². The number of nitrogens with one attached hydrogen (secondary N) is 1. The zero-order valence-electron chi connectivity index (χ0n) is 18.1. The van der Waals surface area contributed by atoms with Crippen molar-refractivity contribution in [1.82, 2.24) is 0 Å². The smallest absolute Gasteiger partial charge is 0.269 e. The van der Waals surface area contributed by atoms with Crippen LogP contribution in [0.1, 0.15) is 5.56 Å². The second-order valence-corrected chi connectivity index (χ2v) is 8.69. The Bertz CT molecular complexity index is 1370. The van der Waals surface area contributed by atoms with Gasteiger partial charge < -0.3 is 5.32 Å². The van der Waals surface area contributed by atoms with Crippen molar-refractivity contribution < 1.29 is 18.9 Å². The normalized spacial score (nSPS) is 16.5. The lowest BCUT2D eigenvalue weighted by molar-refractivity contribution is -0.384. The molecule has 8 nitrogen and oxygen atoms in total. The van der Waals surface area contributed by atoms with Crippen LogP contribution >= 0.6 is 11.8 Å². The van der Waals surface area contributed by atoms with Crippen molar-refractivity contribution in [2.75, 3.05) is 10.2 Å². The molecule has 1 saturated heterocycles. The highest BCUT2D eigenvalue weighted by molar-refractivity contribution is 8.05. The van der Waals surface area contributed by atoms with E-state index < -0.39 is 27.8 Å². The molecule has 1 aliphatic rings. The van der Waals surface area contributed by atoms with Gasteiger partial charge in [-0.05, 0) is 48.4 Å². The number of anilines is 2. The Morgan fingerprint density at radius 3 is 2.49 bits per heavy atom. The minimum Gasteiger partial charge on any atom is -0.321 e. The number of rotatable bonds is 6. The molecule has 0 aliphatic carbocycles. The lowest BCUT2D eigenvalue weighted by atomic mass is 10.1. The van der Waals surface area contributed by atoms with Gasteiger partial charge in [-0.15, -0.1) is 0 Å². The Balaban J connectivity index is 1.72. The number of benzene rings is 3. The van der Waals surface area contributed by atoms with Crippen molar-refractivity contribution in [2.45, 2.75) is 11.7 Å². The molecule has 0 radical (unpaired) electrons. The Kier molecular flexibility index (Phi) is 6.89. The van der Waals surface area contributed by atoms with Gasteiger partial charge in [-0.1, -0.05) is 42.1 Å². The van der Waals surface area contributed by atoms with Crippen molar-refractivity contribution in [1.29, 1.82) is 5.26 Å². The van der Waals surface area contributed by atoms with Crippen molar-refractivity contribution in [2.24, 2.45) is 0 Å². The minimum atomic E-state index is -0.759. The maximum Gasteiger partial charge on any atom is 0.269 e. The van der Waals surface area contributed by atoms with Crippen LogP contribution in [0.4, 0.5) is 21.5 Å². The number of carbonyl (C=O) groups excluding carboxylic acids is 2. The summed E-state index contributed by atoms with van der Waals surface area (Å²) < 4.78 is 13.5. The molecule has 1 atom stereocenters. The average Bonchev–Trinajstić information content (AvgIpc) is 3.16. The van der Waals surface area contributed by atoms with Crippen LogP contribution in [0.3, 0.4) is 0 Å². The minimum absolute atomic E-state index is 0.105. The first-order valence-electron chi connectivity index (χ1n) is 10.4. The molecule has 2 amide bonds. The number of thioether (sulfide) groups is 1. The zero-order valence-corrected chi connectivity index (χ0v) is 18.9. The predicted octanol–water partition coefficient (Wildman–Crippen LogP) is 4.80. The molecule has 1 fully saturated rings. The highest BCUT2D eigenvalue weighted by Gasteiger charge is 2.41. The zero-order chi connectivity index (χ0) is 24.9. The van der Waals surface area contributed by atoms with Gasteiger partial charge in [-0.2, -0.15) is 5.26 Å². The lowest BCUT2D eigenvalue weighted by Crippen LogP contribution is -2.31. The molecule has 4 rings (SSSR count). The van der Waals surface area contributed by atoms with E-state index in [9.17, 15) is 29.4 Å². The van der Waals surface area contributed by atoms with E-state index in [1.165, 1.54) is 47.4 Å². The van der Waals surface area contributed by atoms with Gasteiger partial charge in [0.05, 0.1) is 10.2 Å². The van der Waals surface area contributed by atoms with Crippen LogP contribution in [0.5, 0.6) is 0 Å². The second kappa shape index (κ2) is 10.2. The fraction of sp³-hybridized carbons (Fsp3) is 0.0800. The maximum atomic E-state index is 13.5. The molecule has 0 aromatic heterocycles. The molecule has 1 aliphatic heterocycles. The number of nitro benzene ring substituents is 1. The molecule has 3 aromatic carbocycles. The molecule has 3 aromatic rings. The topological polar surface area (TPSA) is 116 Å². The number of hydrogen-bond donors (Lipinski definition) is 1. The quantitative estimate of drug-likeness (QED) is 0.231. The number of para-hydroxylation sites is 1. The fourth-order valence-electron chi connectivity index (χ4n) is 3.54. The maximum absolute atomic E-state index is 13.5. The monoisotopic (exact) mass is 488 g/mol. The SMILES string of the molecule is N#C/C(C(=O)Nc1ccccc1)=C1/SC(Cc2cccc([N+](=O)[O-])c2)C(=O)N1c1ccc(F)cc1. The molecule has 35 heavy (non-hydrogen) atoms. The number of halogens is 1. The second-order valence-electron chi connectivity index (χ2n) is 7.50. The number of nitro groups is 1. The number of carbonyl (C=O) groups is 2. The third-order valence-electron chi connectivity index (χ3n) is 5.16. The van der Waals surface area contributed by atoms with Gasteiger partial charge in [0.2, 0.25) is 5.91 Å². The third-order valence-corrected chi connectivity index (χ3v) is 6.43. The highest BCUT2D eigenvalue weighted by atomic mass is 32.2. The number of amides is 2. The summed E-state index contributed by atoms with van der Waals surface area (Å²) in [6, 6.07) is 21.5. The molecular formula is C25H17FN4O4S. The van der Waals surface area contributed by atoms with Crippen LogP contribution < -0.4 is 10.2 Å². The number of hydrogen-bond acceptors (Lipinski definition) is 6. The number of non-ortho nitro benzene ring substituents is 1. The molecule has 0 bridgehead atoms. The van der Waals surface area contributed by atoms with E-state index in [1.807, 2.05) is 6.07 Å². The summed E-state index contributed by atoms with van der Waals surface area (Å²) in [5.41, 5.74) is 0.932. The van der Waals surface area contributed by atoms with Crippen molar-refractivity contribution in [3.05, 3.63) is 111 Å². The number of nitrogens with zero attached hydrogens (tertiary/aromatic N) is 3. The highest BCUT2D eigenvalue weighted by Crippen LogP contribution is 2.42. The van der Waals surface area contributed by atoms with Gasteiger partial charge in [-0.3, -0.25) is 24.6 Å². The van der Waals surface area contributed by atoms with E-state index in [0.717, 1.165) is 11.8 Å². The summed E-state index contributed by atoms with van der Waals surface area (Å²) in [6.45, 7) is 0. The van der Waals surface area contributed by atoms with Crippen molar-refractivity contribution >= 4 is 40.6 Å². The van der Waals surface area contributed by atoms with E-state index in [4.69, 9.17) is 0 Å². The molecule has 10 heteroatoms. The first-order chi connectivity index (χ1) is 16.9. The molecule has 1 N–H and O–H groups in total. The summed E-state index contributed by atoms with van der Waals surface area (Å²) in [6.07, 6.45) is 0.130. The van der Waals surface area contributed by atoms with Crippen LogP contribution in [-0.4, -0.2) is 22.0 Å². The summed E-state index contributed by atoms with van der Waals surface area (Å²) >= 11 is 1.02. The first-order valence-corrected chi connectivity index (χ1v) is 11.3. The standard InChI is InChI=1S/C25H17FN4O4S/c26-17-9-11-19(12-10-17)29-24(32)22(14-16-5-4-8-20(13-16)30(33)34)35-25(29)21(15-27)23(31)28-18-6-2-1-3-7-18/h1-13,22H,14H2,(H,28,31)/b25-21-. The number of nitriles is 1. The Morgan fingerprint density at radius 2 is 1.83 bits per heavy atom. The summed E-state index contributed by atoms with van der Waals surface area (Å²) in [5.74, 6) is -1.63. The fourth-order valence-corrected chi connectivity index (χ4v) is 4.85. The van der Waals surface area contributed by atoms with E-state index in [-0.39, 0.29) is 22.7 Å². The first kappa shape index (κ1) is 23.7. The molecule has 1 heterocycles. The van der Waals surface area contributed by atoms with Crippen molar-refractivity contribution in [3.8, 4) is 6.07 Å². The average molecular weight is 489 g/mol. The molecule has 1 unspecified atom stereocenters. The Labute approximate surface area is 203 Å². The lowest BCUT2D eigenvalue weighted by Gasteiger charge is -2.18. The third kappa shape index (κ3) is 5.20. The van der Waals surface area contributed by atoms with Gasteiger partial charge in [0.15, 0.2) is 0 Å². The van der Waals surface area contributed by atoms with Crippen molar-refractivity contribution in [3.63, 3.8) is 0 Å². The Morgan fingerprint density at radius 1 is 1.11 bits per heavy atom. The van der Waals surface area contributed by atoms with E-state index in [2.05, 4.69) is 5.32 Å². The van der Waals surface area contributed by atoms with E-state index in [0.29, 0.717) is 16.9 Å². The predicted molar refractivity (Wildman–Crippen MR) is 130 cm³/mol. The van der Waals surface area contributed by atoms with Crippen LogP contribution in [-0.2, 0) is 16.0 Å². The van der Waals surface area contributed by atoms with E-state index in [1.54, 1.807) is 36.4 Å². The summed E-state index contributed by atoms with van der Waals surface area (Å²) in [7, 11) is 0. The van der Waals surface area contributed by atoms with E-state index >= 15 is 0 Å². The van der Waals surface area contributed by atoms with Crippen LogP contribution in [0.2, 0.25) is 0 Å². The Hall–Kier alpha value is -4.49. The van der Waals surface area contributed by atoms with Gasteiger partial charge in [0, 0.05) is 23.5 Å². The van der Waals surface area contributed by atoms with Gasteiger partial charge in [-0.25, -0.2) is 4.39 Å². The molecule has 0 saturated carbocycles. The molecule has 174 valence electrons. The largest absolute Gasteiger partial charge is 0.321 e. The van der Waals surface area contributed by atoms with Gasteiger partial charge >= 0.3 is 0 Å². The summed E-state index contributed by atoms with van der Waals surface area (Å²) in [5, 5.41) is 23.0. The van der Waals surface area contributed by atoms with Crippen LogP contribution in [0.15, 0.2) is 89.5 Å². The molecular weight excluding hydrogens is 471 g/mol. The van der Waals surface area contributed by atoms with Gasteiger partial charge in [0.1, 0.15) is 22.5 Å². The van der Waals surface area contributed by atoms with Gasteiger partial charge in [0.25, 0.3) is 11.6 Å². The molecule has 0 spiro atoms.